The number of aliphatic hydroxyl groups excluding tert-OH is 1. The van der Waals surface area contributed by atoms with Crippen molar-refractivity contribution in [1.29, 1.82) is 0 Å². The largest absolute Gasteiger partial charge is 0.397 e. The number of carbonyl (C=O) groups is 1. The molecule has 18 heavy (non-hydrogen) atoms. The second kappa shape index (κ2) is 5.37. The maximum Gasteiger partial charge on any atom is 0.238 e. The van der Waals surface area contributed by atoms with Crippen LogP contribution in [0.4, 0.5) is 11.4 Å². The first-order valence-corrected chi connectivity index (χ1v) is 6.11. The summed E-state index contributed by atoms with van der Waals surface area (Å²) < 4.78 is 0. The van der Waals surface area contributed by atoms with Gasteiger partial charge in [-0.05, 0) is 25.0 Å². The summed E-state index contributed by atoms with van der Waals surface area (Å²) in [5.41, 5.74) is 8.04. The van der Waals surface area contributed by atoms with E-state index < -0.39 is 0 Å². The van der Waals surface area contributed by atoms with Crippen molar-refractivity contribution in [2.75, 3.05) is 30.7 Å². The number of nitrogen functional groups attached to an aromatic ring is 1. The quantitative estimate of drug-likeness (QED) is 0.685. The van der Waals surface area contributed by atoms with Gasteiger partial charge in [-0.15, -0.1) is 0 Å². The zero-order valence-corrected chi connectivity index (χ0v) is 10.5. The molecular formula is C13H19N3O2. The fourth-order valence-electron chi connectivity index (χ4n) is 2.20. The lowest BCUT2D eigenvalue weighted by atomic mass is 10.1. The minimum absolute atomic E-state index is 0.0925. The SMILES string of the molecule is Cc1cccc(N)c1NC(=O)CN1CCC(O)C1. The number of aryl methyl sites for hydroxylation is 1. The number of carbonyl (C=O) groups excluding carboxylic acids is 1. The summed E-state index contributed by atoms with van der Waals surface area (Å²) in [5.74, 6) is -0.0925. The van der Waals surface area contributed by atoms with Crippen LogP contribution in [0.2, 0.25) is 0 Å². The maximum atomic E-state index is 11.9. The number of likely N-dealkylation sites (tertiary alicyclic amines) is 1. The molecule has 2 rings (SSSR count). The Balaban J connectivity index is 1.95. The molecule has 1 aliphatic rings. The van der Waals surface area contributed by atoms with Crippen LogP contribution < -0.4 is 11.1 Å². The summed E-state index contributed by atoms with van der Waals surface area (Å²) >= 11 is 0. The van der Waals surface area contributed by atoms with Crippen molar-refractivity contribution >= 4 is 17.3 Å². The van der Waals surface area contributed by atoms with Crippen molar-refractivity contribution in [2.45, 2.75) is 19.4 Å². The third-order valence-electron chi connectivity index (χ3n) is 3.18. The normalized spacial score (nSPS) is 20.0. The average Bonchev–Trinajstić information content (AvgIpc) is 2.69. The van der Waals surface area contributed by atoms with Crippen LogP contribution in [0.5, 0.6) is 0 Å². The predicted octanol–water partition coefficient (Wildman–Crippen LogP) is 0.582. The molecule has 0 saturated carbocycles. The molecule has 1 aliphatic heterocycles. The summed E-state index contributed by atoms with van der Waals surface area (Å²) in [6.07, 6.45) is 0.432. The average molecular weight is 249 g/mol. The van der Waals surface area contributed by atoms with E-state index in [9.17, 15) is 9.90 Å². The number of rotatable bonds is 3. The highest BCUT2D eigenvalue weighted by Crippen LogP contribution is 2.22. The Bertz CT molecular complexity index is 428. The van der Waals surface area contributed by atoms with Crippen LogP contribution in [-0.2, 0) is 4.79 Å². The first-order valence-electron chi connectivity index (χ1n) is 6.11. The molecule has 0 aromatic heterocycles. The number of anilines is 2. The summed E-state index contributed by atoms with van der Waals surface area (Å²) in [6.45, 7) is 3.53. The molecule has 1 aromatic carbocycles. The fraction of sp³-hybridized carbons (Fsp3) is 0.462. The highest BCUT2D eigenvalue weighted by atomic mass is 16.3. The lowest BCUT2D eigenvalue weighted by Gasteiger charge is -2.16. The van der Waals surface area contributed by atoms with Gasteiger partial charge in [0.05, 0.1) is 24.0 Å². The number of nitrogens with two attached hydrogens (primary N) is 1. The fourth-order valence-corrected chi connectivity index (χ4v) is 2.20. The minimum atomic E-state index is -0.304. The van der Waals surface area contributed by atoms with Crippen LogP contribution in [0.15, 0.2) is 18.2 Å². The van der Waals surface area contributed by atoms with Crippen LogP contribution in [0.3, 0.4) is 0 Å². The number of hydrogen-bond donors (Lipinski definition) is 3. The summed E-state index contributed by atoms with van der Waals surface area (Å²) in [4.78, 5) is 13.8. The van der Waals surface area contributed by atoms with Gasteiger partial charge in [-0.2, -0.15) is 0 Å². The van der Waals surface area contributed by atoms with Crippen molar-refractivity contribution in [1.82, 2.24) is 4.90 Å². The van der Waals surface area contributed by atoms with Crippen LogP contribution in [0.25, 0.3) is 0 Å². The number of amides is 1. The second-order valence-corrected chi connectivity index (χ2v) is 4.76. The second-order valence-electron chi connectivity index (χ2n) is 4.76. The Kier molecular flexibility index (Phi) is 3.84. The van der Waals surface area contributed by atoms with E-state index in [2.05, 4.69) is 5.32 Å². The summed E-state index contributed by atoms with van der Waals surface area (Å²) in [6, 6.07) is 5.53. The molecule has 98 valence electrons. The third-order valence-corrected chi connectivity index (χ3v) is 3.18. The van der Waals surface area contributed by atoms with E-state index in [-0.39, 0.29) is 12.0 Å². The van der Waals surface area contributed by atoms with E-state index in [4.69, 9.17) is 5.73 Å². The van der Waals surface area contributed by atoms with Gasteiger partial charge in [0.1, 0.15) is 0 Å². The number of nitrogens with one attached hydrogen (secondary N) is 1. The summed E-state index contributed by atoms with van der Waals surface area (Å²) in [7, 11) is 0. The van der Waals surface area contributed by atoms with E-state index in [1.54, 1.807) is 6.07 Å². The Morgan fingerprint density at radius 3 is 3.00 bits per heavy atom. The molecule has 4 N–H and O–H groups in total. The van der Waals surface area contributed by atoms with E-state index in [1.165, 1.54) is 0 Å². The molecule has 1 unspecified atom stereocenters. The number of para-hydroxylation sites is 1. The molecule has 0 radical (unpaired) electrons. The van der Waals surface area contributed by atoms with Crippen LogP contribution in [-0.4, -0.2) is 41.7 Å². The van der Waals surface area contributed by atoms with Crippen LogP contribution >= 0.6 is 0 Å². The molecule has 0 aliphatic carbocycles. The van der Waals surface area contributed by atoms with Crippen LogP contribution in [0.1, 0.15) is 12.0 Å². The molecule has 1 aromatic rings. The highest BCUT2D eigenvalue weighted by Gasteiger charge is 2.22. The number of hydrogen-bond acceptors (Lipinski definition) is 4. The van der Waals surface area contributed by atoms with Crippen molar-refractivity contribution in [3.63, 3.8) is 0 Å². The Labute approximate surface area is 107 Å². The molecule has 0 bridgehead atoms. The van der Waals surface area contributed by atoms with Gasteiger partial charge >= 0.3 is 0 Å². The molecular weight excluding hydrogens is 230 g/mol. The first-order chi connectivity index (χ1) is 8.56. The number of benzene rings is 1. The van der Waals surface area contributed by atoms with Gasteiger partial charge in [-0.25, -0.2) is 0 Å². The topological polar surface area (TPSA) is 78.6 Å². The lowest BCUT2D eigenvalue weighted by molar-refractivity contribution is -0.117. The van der Waals surface area contributed by atoms with Gasteiger partial charge in [0.25, 0.3) is 0 Å². The van der Waals surface area contributed by atoms with Gasteiger partial charge in [-0.3, -0.25) is 9.69 Å². The number of nitrogens with zero attached hydrogens (tertiary/aromatic N) is 1. The van der Waals surface area contributed by atoms with Gasteiger partial charge in [0, 0.05) is 13.1 Å². The van der Waals surface area contributed by atoms with Crippen LogP contribution in [0, 0.1) is 6.92 Å². The molecule has 5 heteroatoms. The standard InChI is InChI=1S/C13H19N3O2/c1-9-3-2-4-11(14)13(9)15-12(18)8-16-6-5-10(17)7-16/h2-4,10,17H,5-8,14H2,1H3,(H,15,18). The Morgan fingerprint density at radius 1 is 1.61 bits per heavy atom. The molecule has 1 fully saturated rings. The van der Waals surface area contributed by atoms with E-state index >= 15 is 0 Å². The van der Waals surface area contributed by atoms with Crippen molar-refractivity contribution in [3.05, 3.63) is 23.8 Å². The third kappa shape index (κ3) is 3.00. The van der Waals surface area contributed by atoms with E-state index in [1.807, 2.05) is 24.0 Å². The van der Waals surface area contributed by atoms with Crippen molar-refractivity contribution in [3.8, 4) is 0 Å². The number of β-amino-alcohol motifs (C(OH)–C–C–N with tert-alkyl or cyclic N) is 1. The zero-order valence-electron chi connectivity index (χ0n) is 10.5. The smallest absolute Gasteiger partial charge is 0.238 e. The summed E-state index contributed by atoms with van der Waals surface area (Å²) in [5, 5.41) is 12.2. The van der Waals surface area contributed by atoms with E-state index in [0.29, 0.717) is 24.5 Å². The molecule has 0 spiro atoms. The highest BCUT2D eigenvalue weighted by molar-refractivity contribution is 5.96. The number of aliphatic hydroxyl groups is 1. The van der Waals surface area contributed by atoms with Gasteiger partial charge in [-0.1, -0.05) is 12.1 Å². The van der Waals surface area contributed by atoms with E-state index in [0.717, 1.165) is 18.5 Å². The molecule has 5 nitrogen and oxygen atoms in total. The predicted molar refractivity (Wildman–Crippen MR) is 71.3 cm³/mol. The Hall–Kier alpha value is -1.59. The molecule has 1 amide bonds. The van der Waals surface area contributed by atoms with Crippen molar-refractivity contribution < 1.29 is 9.90 Å². The monoisotopic (exact) mass is 249 g/mol. The lowest BCUT2D eigenvalue weighted by Crippen LogP contribution is -2.32. The molecule has 1 atom stereocenters. The zero-order chi connectivity index (χ0) is 13.1. The Morgan fingerprint density at radius 2 is 2.39 bits per heavy atom. The molecule has 1 saturated heterocycles. The van der Waals surface area contributed by atoms with Gasteiger partial charge in [0.15, 0.2) is 0 Å². The molecule has 1 heterocycles. The first kappa shape index (κ1) is 12.9. The minimum Gasteiger partial charge on any atom is -0.397 e. The van der Waals surface area contributed by atoms with Gasteiger partial charge < -0.3 is 16.2 Å². The van der Waals surface area contributed by atoms with Crippen molar-refractivity contribution in [2.24, 2.45) is 0 Å². The van der Waals surface area contributed by atoms with Gasteiger partial charge in [0.2, 0.25) is 5.91 Å². The maximum absolute atomic E-state index is 11.9.